The summed E-state index contributed by atoms with van der Waals surface area (Å²) in [5, 5.41) is 11.1. The molecule has 0 spiro atoms. The van der Waals surface area contributed by atoms with Crippen molar-refractivity contribution in [2.24, 2.45) is 22.7 Å². The number of fused-ring (bicyclic) bond motifs is 1. The van der Waals surface area contributed by atoms with Crippen LogP contribution in [-0.4, -0.2) is 104 Å². The molecule has 2 aliphatic carbocycles. The molecule has 4 N–H and O–H groups in total. The number of nitrogens with one attached hydrogen (secondary N) is 4. The molecule has 1 unspecified atom stereocenters. The van der Waals surface area contributed by atoms with Gasteiger partial charge in [-0.3, -0.25) is 19.2 Å². The number of carbonyl (C=O) groups excluding carboxylic acids is 5. The number of unbranched alkanes of at least 4 members (excludes halogenated alkanes) is 1. The molecule has 6 atom stereocenters. The number of carbonyl (C=O) groups is 5. The van der Waals surface area contributed by atoms with E-state index in [1.807, 2.05) is 13.8 Å². The first-order valence-corrected chi connectivity index (χ1v) is 19.7. The van der Waals surface area contributed by atoms with Crippen molar-refractivity contribution in [3.8, 4) is 0 Å². The fraction of sp³-hybridized carbons (Fsp3) is 0.750. The fourth-order valence-corrected chi connectivity index (χ4v) is 8.57. The maximum Gasteiger partial charge on any atom is 0.315 e. The van der Waals surface area contributed by atoms with E-state index in [4.69, 9.17) is 0 Å². The van der Waals surface area contributed by atoms with Crippen LogP contribution in [-0.2, 0) is 29.2 Å². The number of hydrogen-bond acceptors (Lipinski definition) is 7. The molecule has 14 heteroatoms. The molecule has 3 rings (SSSR count). The Hall–Kier alpha value is -3.26. The maximum absolute atomic E-state index is 14.7. The van der Waals surface area contributed by atoms with Gasteiger partial charge in [-0.2, -0.15) is 0 Å². The van der Waals surface area contributed by atoms with Crippen LogP contribution < -0.4 is 21.3 Å². The summed E-state index contributed by atoms with van der Waals surface area (Å²) in [6.07, 6.45) is 7.29. The summed E-state index contributed by atoms with van der Waals surface area (Å²) in [5.74, 6) is -2.59. The first-order valence-electron chi connectivity index (χ1n) is 18.1. The molecule has 0 aromatic carbocycles. The Labute approximate surface area is 298 Å². The van der Waals surface area contributed by atoms with Crippen molar-refractivity contribution in [3.05, 3.63) is 24.8 Å². The third kappa shape index (κ3) is 9.34. The summed E-state index contributed by atoms with van der Waals surface area (Å²) in [7, 11) is -2.07. The maximum atomic E-state index is 14.7. The van der Waals surface area contributed by atoms with Crippen molar-refractivity contribution in [3.63, 3.8) is 0 Å². The van der Waals surface area contributed by atoms with Gasteiger partial charge in [0.05, 0.1) is 17.8 Å². The number of nitrogens with zero attached hydrogens (tertiary/aromatic N) is 2. The predicted molar refractivity (Wildman–Crippen MR) is 193 cm³/mol. The SMILES string of the molecule is C=CCNC(=O)C(=O)C(CCCC)NC(=O)[C@@H]1[C@@H]2[C@H](CN1C(=O)[C@@H](NC(=O)N[C@H](CN(C)S(=O)(=O)CC)C(=C)C)C1(C)CCCCC1)C2(C)C. The second kappa shape index (κ2) is 16.8. The van der Waals surface area contributed by atoms with Crippen LogP contribution in [0.2, 0.25) is 0 Å². The van der Waals surface area contributed by atoms with E-state index in [0.29, 0.717) is 31.4 Å². The smallest absolute Gasteiger partial charge is 0.315 e. The minimum Gasteiger partial charge on any atom is -0.346 e. The van der Waals surface area contributed by atoms with Gasteiger partial charge in [-0.15, -0.1) is 6.58 Å². The summed E-state index contributed by atoms with van der Waals surface area (Å²) < 4.78 is 26.1. The van der Waals surface area contributed by atoms with Gasteiger partial charge in [-0.05, 0) is 55.8 Å². The molecular formula is C36H60N6O7S. The number of ketones is 1. The van der Waals surface area contributed by atoms with Crippen molar-refractivity contribution in [1.82, 2.24) is 30.5 Å². The molecule has 2 saturated carbocycles. The van der Waals surface area contributed by atoms with E-state index in [-0.39, 0.29) is 48.4 Å². The Balaban J connectivity index is 1.90. The molecule has 3 fully saturated rings. The summed E-state index contributed by atoms with van der Waals surface area (Å²) in [6.45, 7) is 19.2. The first-order chi connectivity index (χ1) is 23.4. The summed E-state index contributed by atoms with van der Waals surface area (Å²) in [6, 6.07) is -4.24. The van der Waals surface area contributed by atoms with Crippen LogP contribution in [0.5, 0.6) is 0 Å². The Kier molecular flexibility index (Phi) is 13.9. The number of amides is 5. The second-order valence-corrected chi connectivity index (χ2v) is 17.7. The largest absolute Gasteiger partial charge is 0.346 e. The van der Waals surface area contributed by atoms with Gasteiger partial charge in [0.1, 0.15) is 12.1 Å². The quantitative estimate of drug-likeness (QED) is 0.124. The Morgan fingerprint density at radius 3 is 2.20 bits per heavy atom. The molecule has 0 radical (unpaired) electrons. The molecule has 50 heavy (non-hydrogen) atoms. The molecule has 3 aliphatic rings. The average molecular weight is 721 g/mol. The topological polar surface area (TPSA) is 174 Å². The molecule has 5 amide bonds. The molecule has 0 aromatic heterocycles. The van der Waals surface area contributed by atoms with Crippen molar-refractivity contribution in [2.75, 3.05) is 32.4 Å². The number of likely N-dealkylation sites (N-methyl/N-ethyl adjacent to an activating group) is 1. The monoisotopic (exact) mass is 720 g/mol. The van der Waals surface area contributed by atoms with Crippen LogP contribution in [0.4, 0.5) is 4.79 Å². The zero-order valence-corrected chi connectivity index (χ0v) is 31.9. The number of rotatable bonds is 18. The van der Waals surface area contributed by atoms with E-state index < -0.39 is 63.2 Å². The molecule has 282 valence electrons. The van der Waals surface area contributed by atoms with Gasteiger partial charge < -0.3 is 26.2 Å². The lowest BCUT2D eigenvalue weighted by Gasteiger charge is -2.43. The average Bonchev–Trinajstić information content (AvgIpc) is 3.37. The number of hydrogen-bond donors (Lipinski definition) is 4. The molecule has 0 bridgehead atoms. The first kappa shape index (κ1) is 41.2. The number of urea groups is 1. The zero-order chi connectivity index (χ0) is 37.6. The highest BCUT2D eigenvalue weighted by Crippen LogP contribution is 2.65. The van der Waals surface area contributed by atoms with E-state index in [0.717, 1.165) is 25.7 Å². The van der Waals surface area contributed by atoms with Crippen molar-refractivity contribution in [2.45, 2.75) is 117 Å². The van der Waals surface area contributed by atoms with Gasteiger partial charge in [-0.1, -0.05) is 78.0 Å². The molecular weight excluding hydrogens is 660 g/mol. The highest BCUT2D eigenvalue weighted by atomic mass is 32.2. The fourth-order valence-electron chi connectivity index (χ4n) is 7.75. The zero-order valence-electron chi connectivity index (χ0n) is 31.1. The third-order valence-corrected chi connectivity index (χ3v) is 13.1. The normalized spacial score (nSPS) is 23.8. The number of Topliss-reactive ketones (excluding diaryl/α,β-unsaturated/α-hetero) is 1. The van der Waals surface area contributed by atoms with E-state index in [1.54, 1.807) is 18.7 Å². The molecule has 13 nitrogen and oxygen atoms in total. The molecule has 1 saturated heterocycles. The third-order valence-electron chi connectivity index (χ3n) is 11.3. The highest BCUT2D eigenvalue weighted by Gasteiger charge is 2.70. The van der Waals surface area contributed by atoms with E-state index in [1.165, 1.54) is 17.4 Å². The number of piperidine rings is 1. The van der Waals surface area contributed by atoms with Crippen LogP contribution in [0, 0.1) is 22.7 Å². The summed E-state index contributed by atoms with van der Waals surface area (Å²) >= 11 is 0. The van der Waals surface area contributed by atoms with Crippen LogP contribution in [0.3, 0.4) is 0 Å². The lowest BCUT2D eigenvalue weighted by atomic mass is 9.70. The standard InChI is InChI=1S/C36H60N6O7S/c1-10-13-17-25(29(43)32(45)37-20-11-2)38-31(44)28-27-24(35(27,6)7)21-42(28)33(46)30(36(8)18-15-14-16-19-36)40-34(47)39-26(23(4)5)22-41(9)50(48,49)12-3/h11,24-28,30H,2,4,10,12-22H2,1,3,5-9H3,(H,37,45)(H,38,44)(H2,39,40,47)/t24-,25?,26+,27-,28-,30+/m0/s1. The summed E-state index contributed by atoms with van der Waals surface area (Å²) in [4.78, 5) is 69.9. The van der Waals surface area contributed by atoms with Gasteiger partial charge in [0.2, 0.25) is 27.6 Å². The molecule has 1 aliphatic heterocycles. The summed E-state index contributed by atoms with van der Waals surface area (Å²) in [5.41, 5.74) is -0.258. The Morgan fingerprint density at radius 2 is 1.64 bits per heavy atom. The minimum atomic E-state index is -3.52. The van der Waals surface area contributed by atoms with Crippen LogP contribution in [0.25, 0.3) is 0 Å². The van der Waals surface area contributed by atoms with Crippen molar-refractivity contribution < 1.29 is 32.4 Å². The number of likely N-dealkylation sites (tertiary alicyclic amines) is 1. The van der Waals surface area contributed by atoms with Crippen LogP contribution in [0.1, 0.15) is 92.9 Å². The second-order valence-electron chi connectivity index (χ2n) is 15.3. The lowest BCUT2D eigenvalue weighted by molar-refractivity contribution is -0.146. The predicted octanol–water partition coefficient (Wildman–Crippen LogP) is 2.88. The van der Waals surface area contributed by atoms with Gasteiger partial charge in [0.15, 0.2) is 0 Å². The van der Waals surface area contributed by atoms with Gasteiger partial charge in [0, 0.05) is 26.7 Å². The van der Waals surface area contributed by atoms with Crippen LogP contribution in [0.15, 0.2) is 24.8 Å². The molecule has 1 heterocycles. The number of sulfonamides is 1. The van der Waals surface area contributed by atoms with Gasteiger partial charge >= 0.3 is 6.03 Å². The van der Waals surface area contributed by atoms with E-state index in [9.17, 15) is 32.4 Å². The Morgan fingerprint density at radius 1 is 1.00 bits per heavy atom. The highest BCUT2D eigenvalue weighted by molar-refractivity contribution is 7.89. The van der Waals surface area contributed by atoms with Gasteiger partial charge in [-0.25, -0.2) is 17.5 Å². The van der Waals surface area contributed by atoms with Crippen molar-refractivity contribution in [1.29, 1.82) is 0 Å². The lowest BCUT2D eigenvalue weighted by Crippen LogP contribution is -2.63. The van der Waals surface area contributed by atoms with E-state index >= 15 is 0 Å². The van der Waals surface area contributed by atoms with Crippen LogP contribution >= 0.6 is 0 Å². The minimum absolute atomic E-state index is 0.0227. The van der Waals surface area contributed by atoms with Gasteiger partial charge in [0.25, 0.3) is 5.91 Å². The Bertz CT molecular complexity index is 1420. The van der Waals surface area contributed by atoms with Crippen molar-refractivity contribution >= 4 is 39.6 Å². The molecule has 0 aromatic rings. The van der Waals surface area contributed by atoms with E-state index in [2.05, 4.69) is 48.3 Å².